The summed E-state index contributed by atoms with van der Waals surface area (Å²) in [6.45, 7) is 7.42. The molecule has 0 fully saturated rings. The number of fused-ring (bicyclic) bond motifs is 1. The maximum absolute atomic E-state index is 5.35. The zero-order chi connectivity index (χ0) is 21.8. The van der Waals surface area contributed by atoms with E-state index < -0.39 is 0 Å². The number of methoxy groups -OCH3 is 1. The quantitative estimate of drug-likeness (QED) is 0.438. The van der Waals surface area contributed by atoms with Gasteiger partial charge in [0.15, 0.2) is 5.65 Å². The molecule has 0 aliphatic heterocycles. The van der Waals surface area contributed by atoms with Gasteiger partial charge in [0.1, 0.15) is 11.6 Å². The van der Waals surface area contributed by atoms with E-state index in [9.17, 15) is 0 Å². The van der Waals surface area contributed by atoms with Crippen molar-refractivity contribution in [1.29, 1.82) is 0 Å². The third kappa shape index (κ3) is 4.88. The smallest absolute Gasteiger partial charge is 0.157 e. The van der Waals surface area contributed by atoms with Crippen LogP contribution < -0.4 is 10.1 Å². The van der Waals surface area contributed by atoms with Crippen molar-refractivity contribution in [2.24, 2.45) is 0 Å². The minimum absolute atomic E-state index is 0.171. The number of rotatable bonds is 7. The lowest BCUT2D eigenvalue weighted by atomic mass is 9.86. The number of hydrogen-bond acceptors (Lipinski definition) is 4. The molecule has 2 aromatic heterocycles. The summed E-state index contributed by atoms with van der Waals surface area (Å²) in [7, 11) is 1.69. The maximum Gasteiger partial charge on any atom is 0.157 e. The minimum Gasteiger partial charge on any atom is -0.497 e. The van der Waals surface area contributed by atoms with Gasteiger partial charge in [-0.15, -0.1) is 0 Å². The van der Waals surface area contributed by atoms with Crippen LogP contribution in [0.4, 0.5) is 5.82 Å². The zero-order valence-corrected chi connectivity index (χ0v) is 18.7. The van der Waals surface area contributed by atoms with E-state index in [4.69, 9.17) is 9.72 Å². The third-order valence-corrected chi connectivity index (χ3v) is 5.57. The second-order valence-corrected chi connectivity index (χ2v) is 8.86. The van der Waals surface area contributed by atoms with Crippen LogP contribution in [-0.4, -0.2) is 21.5 Å². The molecule has 160 valence electrons. The Morgan fingerprint density at radius 2 is 1.81 bits per heavy atom. The van der Waals surface area contributed by atoms with Crippen molar-refractivity contribution >= 4 is 11.5 Å². The first kappa shape index (κ1) is 20.9. The molecule has 0 aliphatic rings. The van der Waals surface area contributed by atoms with Crippen LogP contribution in [-0.2, 0) is 24.8 Å². The Bertz CT molecular complexity index is 1160. The summed E-state index contributed by atoms with van der Waals surface area (Å²) in [4.78, 5) is 9.08. The lowest BCUT2D eigenvalue weighted by Gasteiger charge is -2.19. The van der Waals surface area contributed by atoms with E-state index >= 15 is 0 Å². The Labute approximate surface area is 184 Å². The molecule has 0 saturated heterocycles. The van der Waals surface area contributed by atoms with Crippen molar-refractivity contribution < 1.29 is 4.74 Å². The fourth-order valence-corrected chi connectivity index (χ4v) is 3.72. The number of anilines is 1. The van der Waals surface area contributed by atoms with E-state index in [1.165, 1.54) is 11.1 Å². The fourth-order valence-electron chi connectivity index (χ4n) is 3.72. The molecule has 0 radical (unpaired) electrons. The van der Waals surface area contributed by atoms with Crippen molar-refractivity contribution in [3.05, 3.63) is 89.5 Å². The Morgan fingerprint density at radius 3 is 2.55 bits per heavy atom. The van der Waals surface area contributed by atoms with E-state index in [1.807, 2.05) is 24.4 Å². The van der Waals surface area contributed by atoms with Gasteiger partial charge in [-0.05, 0) is 47.1 Å². The van der Waals surface area contributed by atoms with Crippen LogP contribution >= 0.6 is 0 Å². The summed E-state index contributed by atoms with van der Waals surface area (Å²) >= 11 is 0. The average Bonchev–Trinajstić information content (AvgIpc) is 3.13. The first-order chi connectivity index (χ1) is 14.9. The van der Waals surface area contributed by atoms with E-state index in [0.717, 1.165) is 41.3 Å². The first-order valence-corrected chi connectivity index (χ1v) is 10.7. The zero-order valence-electron chi connectivity index (χ0n) is 18.7. The van der Waals surface area contributed by atoms with E-state index in [1.54, 1.807) is 19.5 Å². The second-order valence-electron chi connectivity index (χ2n) is 8.86. The molecule has 4 aromatic rings. The van der Waals surface area contributed by atoms with Gasteiger partial charge in [-0.1, -0.05) is 57.2 Å². The van der Waals surface area contributed by atoms with Crippen LogP contribution in [0.1, 0.15) is 43.2 Å². The standard InChI is InChI=1S/C26H30N4O/c1-26(2,3)21-11-8-19(9-12-21)10-13-23-25(30-15-14-27-18-24(30)29-23)28-17-20-6-5-7-22(16-20)31-4/h5-9,11-12,14-16,18,28H,10,13,17H2,1-4H3. The van der Waals surface area contributed by atoms with Crippen molar-refractivity contribution in [3.63, 3.8) is 0 Å². The molecule has 0 bridgehead atoms. The predicted molar refractivity (Wildman–Crippen MR) is 126 cm³/mol. The van der Waals surface area contributed by atoms with Gasteiger partial charge in [-0.2, -0.15) is 0 Å². The summed E-state index contributed by atoms with van der Waals surface area (Å²) in [5.74, 6) is 1.88. The molecule has 1 N–H and O–H groups in total. The Morgan fingerprint density at radius 1 is 1.00 bits per heavy atom. The molecule has 0 unspecified atom stereocenters. The maximum atomic E-state index is 5.35. The highest BCUT2D eigenvalue weighted by Crippen LogP contribution is 2.24. The van der Waals surface area contributed by atoms with Crippen LogP contribution in [0.15, 0.2) is 67.1 Å². The monoisotopic (exact) mass is 414 g/mol. The summed E-state index contributed by atoms with van der Waals surface area (Å²) in [5, 5.41) is 3.59. The molecule has 5 heteroatoms. The third-order valence-electron chi connectivity index (χ3n) is 5.57. The minimum atomic E-state index is 0.171. The molecule has 0 atom stereocenters. The number of hydrogen-bond donors (Lipinski definition) is 1. The van der Waals surface area contributed by atoms with Crippen LogP contribution in [0.5, 0.6) is 5.75 Å². The predicted octanol–water partition coefficient (Wildman–Crippen LogP) is 5.43. The van der Waals surface area contributed by atoms with E-state index in [0.29, 0.717) is 6.54 Å². The first-order valence-electron chi connectivity index (χ1n) is 10.7. The Kier molecular flexibility index (Phi) is 5.94. The molecule has 0 spiro atoms. The highest BCUT2D eigenvalue weighted by molar-refractivity contribution is 5.54. The number of ether oxygens (including phenoxy) is 1. The van der Waals surface area contributed by atoms with Gasteiger partial charge in [-0.25, -0.2) is 4.98 Å². The number of imidazole rings is 1. The lowest BCUT2D eigenvalue weighted by molar-refractivity contribution is 0.414. The number of aromatic nitrogens is 3. The van der Waals surface area contributed by atoms with Gasteiger partial charge in [-0.3, -0.25) is 9.38 Å². The van der Waals surface area contributed by atoms with Gasteiger partial charge in [0, 0.05) is 18.9 Å². The van der Waals surface area contributed by atoms with E-state index in [2.05, 4.69) is 65.8 Å². The largest absolute Gasteiger partial charge is 0.497 e. The molecular formula is C26H30N4O. The molecule has 4 rings (SSSR count). The highest BCUT2D eigenvalue weighted by atomic mass is 16.5. The summed E-state index contributed by atoms with van der Waals surface area (Å²) in [6, 6.07) is 17.1. The highest BCUT2D eigenvalue weighted by Gasteiger charge is 2.14. The van der Waals surface area contributed by atoms with Gasteiger partial charge < -0.3 is 10.1 Å². The molecule has 2 heterocycles. The van der Waals surface area contributed by atoms with Crippen molar-refractivity contribution in [3.8, 4) is 5.75 Å². The molecule has 5 nitrogen and oxygen atoms in total. The Hall–Kier alpha value is -3.34. The summed E-state index contributed by atoms with van der Waals surface area (Å²) < 4.78 is 7.42. The van der Waals surface area contributed by atoms with Crippen LogP contribution in [0, 0.1) is 0 Å². The number of nitrogens with zero attached hydrogens (tertiary/aromatic N) is 3. The number of aryl methyl sites for hydroxylation is 2. The summed E-state index contributed by atoms with van der Waals surface area (Å²) in [6.07, 6.45) is 7.35. The normalized spacial score (nSPS) is 11.6. The topological polar surface area (TPSA) is 51.5 Å². The van der Waals surface area contributed by atoms with Crippen LogP contribution in [0.3, 0.4) is 0 Å². The van der Waals surface area contributed by atoms with E-state index in [-0.39, 0.29) is 5.41 Å². The van der Waals surface area contributed by atoms with Crippen molar-refractivity contribution in [1.82, 2.24) is 14.4 Å². The number of nitrogens with one attached hydrogen (secondary N) is 1. The van der Waals surface area contributed by atoms with Crippen molar-refractivity contribution in [2.45, 2.75) is 45.6 Å². The molecular weight excluding hydrogens is 384 g/mol. The summed E-state index contributed by atoms with van der Waals surface area (Å²) in [5.41, 5.74) is 5.92. The average molecular weight is 415 g/mol. The van der Waals surface area contributed by atoms with Gasteiger partial charge in [0.05, 0.1) is 19.0 Å². The SMILES string of the molecule is COc1cccc(CNc2c(CCc3ccc(C(C)(C)C)cc3)nc3cnccn23)c1. The molecule has 31 heavy (non-hydrogen) atoms. The lowest BCUT2D eigenvalue weighted by Crippen LogP contribution is -2.10. The van der Waals surface area contributed by atoms with Gasteiger partial charge >= 0.3 is 0 Å². The van der Waals surface area contributed by atoms with Gasteiger partial charge in [0.2, 0.25) is 0 Å². The second kappa shape index (κ2) is 8.80. The molecule has 0 amide bonds. The van der Waals surface area contributed by atoms with Gasteiger partial charge in [0.25, 0.3) is 0 Å². The molecule has 2 aromatic carbocycles. The van der Waals surface area contributed by atoms with Crippen molar-refractivity contribution in [2.75, 3.05) is 12.4 Å². The molecule has 0 aliphatic carbocycles. The number of benzene rings is 2. The fraction of sp³-hybridized carbons (Fsp3) is 0.308. The van der Waals surface area contributed by atoms with Crippen LogP contribution in [0.2, 0.25) is 0 Å². The van der Waals surface area contributed by atoms with Crippen LogP contribution in [0.25, 0.3) is 5.65 Å². The molecule has 0 saturated carbocycles. The Balaban J connectivity index is 1.53.